The minimum atomic E-state index is -0.311. The monoisotopic (exact) mass is 390 g/mol. The molecular formula is C23H26N4O2. The molecule has 150 valence electrons. The maximum absolute atomic E-state index is 12.8. The molecule has 1 fully saturated rings. The van der Waals surface area contributed by atoms with Crippen LogP contribution in [0.1, 0.15) is 26.5 Å². The number of nitrogens with zero attached hydrogens (tertiary/aromatic N) is 3. The molecule has 1 saturated heterocycles. The first kappa shape index (κ1) is 20.5. The van der Waals surface area contributed by atoms with E-state index in [4.69, 9.17) is 0 Å². The molecule has 0 aliphatic carbocycles. The highest BCUT2D eigenvalue weighted by Crippen LogP contribution is 2.09. The summed E-state index contributed by atoms with van der Waals surface area (Å²) in [5, 5.41) is 2.67. The number of piperazine rings is 1. The lowest BCUT2D eigenvalue weighted by molar-refractivity contribution is 0.0644. The van der Waals surface area contributed by atoms with Crippen LogP contribution in [0.5, 0.6) is 0 Å². The molecule has 1 aromatic carbocycles. The Labute approximate surface area is 171 Å². The lowest BCUT2D eigenvalue weighted by Gasteiger charge is -2.34. The molecule has 1 N–H and O–H groups in total. The highest BCUT2D eigenvalue weighted by Gasteiger charge is 2.23. The average Bonchev–Trinajstić information content (AvgIpc) is 2.78. The Morgan fingerprint density at radius 3 is 2.45 bits per heavy atom. The molecule has 2 heterocycles. The fraction of sp³-hybridized carbons (Fsp3) is 0.261. The van der Waals surface area contributed by atoms with Crippen LogP contribution in [0, 0.1) is 0 Å². The van der Waals surface area contributed by atoms with Crippen molar-refractivity contribution < 1.29 is 9.59 Å². The van der Waals surface area contributed by atoms with Gasteiger partial charge in [-0.1, -0.05) is 54.6 Å². The summed E-state index contributed by atoms with van der Waals surface area (Å²) in [5.41, 5.74) is 1.72. The number of amides is 2. The highest BCUT2D eigenvalue weighted by atomic mass is 16.2. The molecule has 0 bridgehead atoms. The molecule has 1 aliphatic heterocycles. The lowest BCUT2D eigenvalue weighted by atomic mass is 10.2. The summed E-state index contributed by atoms with van der Waals surface area (Å²) in [4.78, 5) is 33.2. The number of nitrogens with one attached hydrogen (secondary N) is 1. The van der Waals surface area contributed by atoms with Crippen LogP contribution in [-0.4, -0.2) is 65.9 Å². The summed E-state index contributed by atoms with van der Waals surface area (Å²) in [6.07, 6.45) is 5.87. The number of carbonyl (C=O) groups excluding carboxylic acids is 2. The third-order valence-corrected chi connectivity index (χ3v) is 4.74. The van der Waals surface area contributed by atoms with Crippen molar-refractivity contribution in [3.05, 3.63) is 84.2 Å². The van der Waals surface area contributed by atoms with Gasteiger partial charge in [-0.05, 0) is 17.7 Å². The van der Waals surface area contributed by atoms with E-state index in [-0.39, 0.29) is 17.5 Å². The third kappa shape index (κ3) is 5.86. The van der Waals surface area contributed by atoms with Crippen LogP contribution in [0.2, 0.25) is 0 Å². The predicted molar refractivity (Wildman–Crippen MR) is 115 cm³/mol. The zero-order chi connectivity index (χ0) is 20.5. The summed E-state index contributed by atoms with van der Waals surface area (Å²) < 4.78 is 0. The summed E-state index contributed by atoms with van der Waals surface area (Å²) in [6.45, 7) is 7.70. The fourth-order valence-electron chi connectivity index (χ4n) is 3.13. The van der Waals surface area contributed by atoms with Crippen molar-refractivity contribution in [2.24, 2.45) is 0 Å². The van der Waals surface area contributed by atoms with E-state index < -0.39 is 0 Å². The number of carbonyl (C=O) groups is 2. The Morgan fingerprint density at radius 1 is 1.00 bits per heavy atom. The van der Waals surface area contributed by atoms with Crippen molar-refractivity contribution in [1.82, 2.24) is 20.1 Å². The van der Waals surface area contributed by atoms with Gasteiger partial charge < -0.3 is 10.2 Å². The third-order valence-electron chi connectivity index (χ3n) is 4.74. The summed E-state index contributed by atoms with van der Waals surface area (Å²) >= 11 is 0. The minimum absolute atomic E-state index is 0.136. The number of hydrogen-bond donors (Lipinski definition) is 1. The van der Waals surface area contributed by atoms with Crippen LogP contribution < -0.4 is 5.32 Å². The van der Waals surface area contributed by atoms with E-state index >= 15 is 0 Å². The number of hydrogen-bond acceptors (Lipinski definition) is 4. The minimum Gasteiger partial charge on any atom is -0.347 e. The van der Waals surface area contributed by atoms with Crippen LogP contribution in [0.15, 0.2) is 67.3 Å². The molecule has 6 nitrogen and oxygen atoms in total. The molecule has 6 heteroatoms. The standard InChI is InChI=1S/C23H26N4O2/c1-2-13-24-22(28)20-11-6-12-21(25-20)23(29)27-17-15-26(16-18-27)14-7-10-19-8-4-3-5-9-19/h2-12H,1,13-18H2,(H,24,28)/b10-7+. The van der Waals surface area contributed by atoms with Crippen LogP contribution in [0.3, 0.4) is 0 Å². The summed E-state index contributed by atoms with van der Waals surface area (Å²) in [5.74, 6) is -0.447. The second-order valence-corrected chi connectivity index (χ2v) is 6.81. The van der Waals surface area contributed by atoms with Gasteiger partial charge >= 0.3 is 0 Å². The van der Waals surface area contributed by atoms with Gasteiger partial charge in [-0.2, -0.15) is 0 Å². The molecule has 1 aromatic heterocycles. The largest absolute Gasteiger partial charge is 0.347 e. The van der Waals surface area contributed by atoms with Gasteiger partial charge in [-0.3, -0.25) is 14.5 Å². The van der Waals surface area contributed by atoms with Crippen LogP contribution in [0.25, 0.3) is 6.08 Å². The van der Waals surface area contributed by atoms with Crippen molar-refractivity contribution >= 4 is 17.9 Å². The predicted octanol–water partition coefficient (Wildman–Crippen LogP) is 2.47. The van der Waals surface area contributed by atoms with Gasteiger partial charge in [0.25, 0.3) is 11.8 Å². The maximum Gasteiger partial charge on any atom is 0.272 e. The van der Waals surface area contributed by atoms with Crippen molar-refractivity contribution in [3.63, 3.8) is 0 Å². The van der Waals surface area contributed by atoms with Gasteiger partial charge in [-0.15, -0.1) is 6.58 Å². The SMILES string of the molecule is C=CCNC(=O)c1cccc(C(=O)N2CCN(C/C=C/c3ccccc3)CC2)n1. The van der Waals surface area contributed by atoms with Crippen molar-refractivity contribution in [2.75, 3.05) is 39.3 Å². The smallest absolute Gasteiger partial charge is 0.272 e. The van der Waals surface area contributed by atoms with E-state index in [1.807, 2.05) is 18.2 Å². The van der Waals surface area contributed by atoms with Crippen molar-refractivity contribution in [3.8, 4) is 0 Å². The van der Waals surface area contributed by atoms with E-state index in [0.717, 1.165) is 19.6 Å². The van der Waals surface area contributed by atoms with Gasteiger partial charge in [0.1, 0.15) is 11.4 Å². The van der Waals surface area contributed by atoms with E-state index in [1.54, 1.807) is 29.2 Å². The molecule has 0 atom stereocenters. The quantitative estimate of drug-likeness (QED) is 0.738. The van der Waals surface area contributed by atoms with E-state index in [2.05, 4.69) is 46.1 Å². The van der Waals surface area contributed by atoms with Gasteiger partial charge in [0, 0.05) is 39.3 Å². The van der Waals surface area contributed by atoms with Gasteiger partial charge in [-0.25, -0.2) is 4.98 Å². The zero-order valence-electron chi connectivity index (χ0n) is 16.5. The Hall–Kier alpha value is -3.25. The summed E-state index contributed by atoms with van der Waals surface area (Å²) in [7, 11) is 0. The second-order valence-electron chi connectivity index (χ2n) is 6.81. The Kier molecular flexibility index (Phi) is 7.30. The number of aromatic nitrogens is 1. The Morgan fingerprint density at radius 2 is 1.72 bits per heavy atom. The van der Waals surface area contributed by atoms with Crippen LogP contribution >= 0.6 is 0 Å². The zero-order valence-corrected chi connectivity index (χ0v) is 16.5. The Bertz CT molecular complexity index is 871. The van der Waals surface area contributed by atoms with E-state index in [9.17, 15) is 9.59 Å². The number of rotatable bonds is 7. The van der Waals surface area contributed by atoms with E-state index in [0.29, 0.717) is 25.3 Å². The second kappa shape index (κ2) is 10.3. The van der Waals surface area contributed by atoms with Crippen molar-refractivity contribution in [2.45, 2.75) is 0 Å². The normalized spacial score (nSPS) is 14.7. The molecule has 3 rings (SSSR count). The van der Waals surface area contributed by atoms with Gasteiger partial charge in [0.2, 0.25) is 0 Å². The molecule has 1 aliphatic rings. The van der Waals surface area contributed by atoms with Crippen LogP contribution in [0.4, 0.5) is 0 Å². The first-order valence-corrected chi connectivity index (χ1v) is 9.77. The summed E-state index contributed by atoms with van der Waals surface area (Å²) in [6, 6.07) is 15.2. The number of pyridine rings is 1. The van der Waals surface area contributed by atoms with Crippen molar-refractivity contribution in [1.29, 1.82) is 0 Å². The topological polar surface area (TPSA) is 65.5 Å². The first-order valence-electron chi connectivity index (χ1n) is 9.77. The Balaban J connectivity index is 1.51. The van der Waals surface area contributed by atoms with E-state index in [1.165, 1.54) is 5.56 Å². The molecule has 0 spiro atoms. The van der Waals surface area contributed by atoms with Gasteiger partial charge in [0.15, 0.2) is 0 Å². The van der Waals surface area contributed by atoms with Crippen LogP contribution in [-0.2, 0) is 0 Å². The number of benzene rings is 1. The molecule has 0 saturated carbocycles. The average molecular weight is 390 g/mol. The molecule has 29 heavy (non-hydrogen) atoms. The molecule has 0 radical (unpaired) electrons. The maximum atomic E-state index is 12.8. The highest BCUT2D eigenvalue weighted by molar-refractivity contribution is 5.96. The molecule has 0 unspecified atom stereocenters. The first-order chi connectivity index (χ1) is 14.2. The lowest BCUT2D eigenvalue weighted by Crippen LogP contribution is -2.48. The van der Waals surface area contributed by atoms with Gasteiger partial charge in [0.05, 0.1) is 0 Å². The molecule has 2 amide bonds. The fourth-order valence-corrected chi connectivity index (χ4v) is 3.13. The molecule has 2 aromatic rings. The molecular weight excluding hydrogens is 364 g/mol.